The monoisotopic (exact) mass is 469 g/mol. The molecule has 1 aliphatic rings. The second kappa shape index (κ2) is 10.4. The van der Waals surface area contributed by atoms with E-state index in [0.717, 1.165) is 36.3 Å². The quantitative estimate of drug-likeness (QED) is 0.595. The van der Waals surface area contributed by atoms with Gasteiger partial charge in [-0.3, -0.25) is 9.69 Å². The summed E-state index contributed by atoms with van der Waals surface area (Å²) in [6, 6.07) is 13.1. The first kappa shape index (κ1) is 22.7. The predicted octanol–water partition coefficient (Wildman–Crippen LogP) is 3.66. The summed E-state index contributed by atoms with van der Waals surface area (Å²) in [7, 11) is 0. The van der Waals surface area contributed by atoms with Crippen molar-refractivity contribution in [2.45, 2.75) is 19.0 Å². The van der Waals surface area contributed by atoms with Gasteiger partial charge in [0.2, 0.25) is 5.91 Å². The number of benzene rings is 2. The Morgan fingerprint density at radius 1 is 0.969 bits per heavy atom. The molecule has 0 bridgehead atoms. The smallest absolute Gasteiger partial charge is 0.239 e. The molecule has 1 aliphatic heterocycles. The number of carbonyl (C=O) groups is 1. The molecule has 1 aromatic heterocycles. The summed E-state index contributed by atoms with van der Waals surface area (Å²) in [6.45, 7) is 3.81. The van der Waals surface area contributed by atoms with Crippen LogP contribution in [0.3, 0.4) is 0 Å². The molecule has 2 heterocycles. The van der Waals surface area contributed by atoms with E-state index in [2.05, 4.69) is 39.1 Å². The third-order valence-corrected chi connectivity index (χ3v) is 6.30. The molecule has 2 aromatic carbocycles. The van der Waals surface area contributed by atoms with Crippen LogP contribution in [0.15, 0.2) is 61.2 Å². The van der Waals surface area contributed by atoms with E-state index >= 15 is 0 Å². The fourth-order valence-electron chi connectivity index (χ4n) is 3.88. The highest BCUT2D eigenvalue weighted by molar-refractivity contribution is 6.35. The van der Waals surface area contributed by atoms with Gasteiger partial charge < -0.3 is 10.6 Å². The molecule has 0 aliphatic carbocycles. The van der Waals surface area contributed by atoms with E-state index in [-0.39, 0.29) is 5.91 Å². The highest BCUT2D eigenvalue weighted by Crippen LogP contribution is 2.22. The molecule has 1 atom stereocenters. The molecule has 1 fully saturated rings. The predicted molar refractivity (Wildman–Crippen MR) is 127 cm³/mol. The Morgan fingerprint density at radius 2 is 1.66 bits per heavy atom. The second-order valence-electron chi connectivity index (χ2n) is 7.97. The van der Waals surface area contributed by atoms with E-state index in [1.807, 2.05) is 23.4 Å². The Kier molecular flexibility index (Phi) is 7.37. The lowest BCUT2D eigenvalue weighted by Gasteiger charge is -2.36. The summed E-state index contributed by atoms with van der Waals surface area (Å²) < 4.78 is 0. The van der Waals surface area contributed by atoms with Crippen molar-refractivity contribution in [3.63, 3.8) is 0 Å². The van der Waals surface area contributed by atoms with E-state index < -0.39 is 6.04 Å². The van der Waals surface area contributed by atoms with E-state index in [4.69, 9.17) is 28.9 Å². The maximum absolute atomic E-state index is 12.8. The zero-order valence-electron chi connectivity index (χ0n) is 17.6. The Bertz CT molecular complexity index is 1050. The summed E-state index contributed by atoms with van der Waals surface area (Å²) in [6.07, 6.45) is 5.55. The maximum Gasteiger partial charge on any atom is 0.239 e. The molecule has 6 nitrogen and oxygen atoms in total. The van der Waals surface area contributed by atoms with E-state index in [0.29, 0.717) is 29.6 Å². The van der Waals surface area contributed by atoms with Crippen LogP contribution in [0.1, 0.15) is 11.1 Å². The van der Waals surface area contributed by atoms with Gasteiger partial charge in [-0.1, -0.05) is 53.5 Å². The largest absolute Gasteiger partial charge is 0.339 e. The average molecular weight is 470 g/mol. The molecular weight excluding hydrogens is 445 g/mol. The normalized spacial score (nSPS) is 15.5. The van der Waals surface area contributed by atoms with Crippen LogP contribution in [0.25, 0.3) is 11.1 Å². The third-order valence-electron chi connectivity index (χ3n) is 5.71. The molecule has 4 rings (SSSR count). The number of halogens is 2. The van der Waals surface area contributed by atoms with E-state index in [1.165, 1.54) is 11.9 Å². The summed E-state index contributed by atoms with van der Waals surface area (Å²) in [4.78, 5) is 25.2. The van der Waals surface area contributed by atoms with Gasteiger partial charge in [-0.05, 0) is 35.2 Å². The van der Waals surface area contributed by atoms with E-state index in [9.17, 15) is 4.79 Å². The highest BCUT2D eigenvalue weighted by atomic mass is 35.5. The zero-order chi connectivity index (χ0) is 22.5. The average Bonchev–Trinajstić information content (AvgIpc) is 2.82. The van der Waals surface area contributed by atoms with Gasteiger partial charge in [-0.25, -0.2) is 9.97 Å². The highest BCUT2D eigenvalue weighted by Gasteiger charge is 2.26. The first-order valence-electron chi connectivity index (χ1n) is 10.5. The van der Waals surface area contributed by atoms with Crippen molar-refractivity contribution >= 4 is 29.1 Å². The minimum atomic E-state index is -0.616. The minimum absolute atomic E-state index is 0.0369. The summed E-state index contributed by atoms with van der Waals surface area (Å²) in [5, 5.41) is 1.11. The van der Waals surface area contributed by atoms with Crippen molar-refractivity contribution in [2.24, 2.45) is 5.73 Å². The van der Waals surface area contributed by atoms with Gasteiger partial charge in [-0.2, -0.15) is 0 Å². The summed E-state index contributed by atoms with van der Waals surface area (Å²) in [5.74, 6) is -0.0369. The van der Waals surface area contributed by atoms with Crippen LogP contribution in [0.5, 0.6) is 0 Å². The Morgan fingerprint density at radius 3 is 2.31 bits per heavy atom. The van der Waals surface area contributed by atoms with Crippen LogP contribution < -0.4 is 5.73 Å². The van der Waals surface area contributed by atoms with Crippen molar-refractivity contribution in [3.05, 3.63) is 82.4 Å². The topological polar surface area (TPSA) is 75.4 Å². The Hall–Kier alpha value is -2.51. The van der Waals surface area contributed by atoms with E-state index in [1.54, 1.807) is 12.1 Å². The molecule has 3 aromatic rings. The van der Waals surface area contributed by atoms with Gasteiger partial charge in [0, 0.05) is 60.7 Å². The molecule has 2 N–H and O–H groups in total. The lowest BCUT2D eigenvalue weighted by atomic mass is 10.0. The van der Waals surface area contributed by atoms with Gasteiger partial charge in [-0.15, -0.1) is 0 Å². The molecule has 0 saturated carbocycles. The number of carbonyl (C=O) groups excluding carboxylic acids is 1. The summed E-state index contributed by atoms with van der Waals surface area (Å²) in [5.41, 5.74) is 10.4. The molecule has 0 spiro atoms. The van der Waals surface area contributed by atoms with Gasteiger partial charge in [0.05, 0.1) is 6.04 Å². The standard InChI is InChI=1S/C24H25Cl2N5O/c25-21-6-5-19(22(26)12-21)11-23(27)24(32)31-9-7-30(8-10-31)15-17-1-3-18(4-2-17)20-13-28-16-29-14-20/h1-6,12-14,16,23H,7-11,15,27H2. The Balaban J connectivity index is 1.27. The molecule has 1 saturated heterocycles. The molecule has 1 unspecified atom stereocenters. The molecule has 0 radical (unpaired) electrons. The van der Waals surface area contributed by atoms with Crippen LogP contribution in [0, 0.1) is 0 Å². The van der Waals surface area contributed by atoms with Crippen molar-refractivity contribution in [1.82, 2.24) is 19.8 Å². The number of hydrogen-bond acceptors (Lipinski definition) is 5. The third kappa shape index (κ3) is 5.64. The molecule has 1 amide bonds. The number of amides is 1. The second-order valence-corrected chi connectivity index (χ2v) is 8.82. The van der Waals surface area contributed by atoms with Gasteiger partial charge in [0.15, 0.2) is 0 Å². The van der Waals surface area contributed by atoms with Gasteiger partial charge >= 0.3 is 0 Å². The van der Waals surface area contributed by atoms with Crippen LogP contribution in [-0.2, 0) is 17.8 Å². The van der Waals surface area contributed by atoms with Crippen LogP contribution in [0.4, 0.5) is 0 Å². The fourth-order valence-corrected chi connectivity index (χ4v) is 4.37. The Labute approximate surface area is 198 Å². The lowest BCUT2D eigenvalue weighted by molar-refractivity contribution is -0.134. The number of aromatic nitrogens is 2. The first-order chi connectivity index (χ1) is 15.5. The van der Waals surface area contributed by atoms with Crippen LogP contribution in [0.2, 0.25) is 10.0 Å². The number of nitrogens with two attached hydrogens (primary N) is 1. The maximum atomic E-state index is 12.8. The van der Waals surface area contributed by atoms with Crippen molar-refractivity contribution < 1.29 is 4.79 Å². The number of piperazine rings is 1. The fraction of sp³-hybridized carbons (Fsp3) is 0.292. The van der Waals surface area contributed by atoms with Crippen molar-refractivity contribution in [1.29, 1.82) is 0 Å². The first-order valence-corrected chi connectivity index (χ1v) is 11.3. The molecule has 32 heavy (non-hydrogen) atoms. The van der Waals surface area contributed by atoms with Crippen molar-refractivity contribution in [2.75, 3.05) is 26.2 Å². The van der Waals surface area contributed by atoms with Gasteiger partial charge in [0.25, 0.3) is 0 Å². The number of hydrogen-bond donors (Lipinski definition) is 1. The number of nitrogens with zero attached hydrogens (tertiary/aromatic N) is 4. The molecule has 166 valence electrons. The molecule has 8 heteroatoms. The molecular formula is C24H25Cl2N5O. The van der Waals surface area contributed by atoms with Gasteiger partial charge in [0.1, 0.15) is 6.33 Å². The van der Waals surface area contributed by atoms with Crippen LogP contribution in [-0.4, -0.2) is 57.9 Å². The number of rotatable bonds is 6. The van der Waals surface area contributed by atoms with Crippen LogP contribution >= 0.6 is 23.2 Å². The lowest BCUT2D eigenvalue weighted by Crippen LogP contribution is -2.53. The summed E-state index contributed by atoms with van der Waals surface area (Å²) >= 11 is 12.2. The van der Waals surface area contributed by atoms with Crippen molar-refractivity contribution in [3.8, 4) is 11.1 Å². The SMILES string of the molecule is NC(Cc1ccc(Cl)cc1Cl)C(=O)N1CCN(Cc2ccc(-c3cncnc3)cc2)CC1. The minimum Gasteiger partial charge on any atom is -0.339 e. The zero-order valence-corrected chi connectivity index (χ0v) is 19.1.